The lowest BCUT2D eigenvalue weighted by molar-refractivity contribution is -0.130. The number of hydrogen-bond acceptors (Lipinski definition) is 4. The summed E-state index contributed by atoms with van der Waals surface area (Å²) < 4.78 is 13.0. The highest BCUT2D eigenvalue weighted by Gasteiger charge is 2.35. The van der Waals surface area contributed by atoms with E-state index in [1.807, 2.05) is 0 Å². The zero-order valence-corrected chi connectivity index (χ0v) is 12.9. The maximum Gasteiger partial charge on any atom is 0.331 e. The molecule has 0 spiro atoms. The predicted octanol–water partition coefficient (Wildman–Crippen LogP) is 2.19. The van der Waals surface area contributed by atoms with Crippen molar-refractivity contribution in [3.63, 3.8) is 0 Å². The standard InChI is InChI=1S/C18H13FN2O4/c19-13-6-4-11(5-7-13)10-21-17(24)15(16(23)20-18(21)25)9-12-2-1-3-14(22)8-12/h1-9,22H,10H2,(H,20,23,25)/b15-9+. The fraction of sp³-hybridized carbons (Fsp3) is 0.0556. The largest absolute Gasteiger partial charge is 0.508 e. The monoisotopic (exact) mass is 340 g/mol. The summed E-state index contributed by atoms with van der Waals surface area (Å²) in [5.74, 6) is -2.02. The fourth-order valence-electron chi connectivity index (χ4n) is 2.39. The molecule has 7 heteroatoms. The van der Waals surface area contributed by atoms with Gasteiger partial charge in [-0.3, -0.25) is 19.8 Å². The van der Waals surface area contributed by atoms with E-state index in [0.717, 1.165) is 4.90 Å². The molecule has 25 heavy (non-hydrogen) atoms. The first-order valence-electron chi connectivity index (χ1n) is 7.36. The van der Waals surface area contributed by atoms with Gasteiger partial charge in [-0.05, 0) is 41.5 Å². The minimum absolute atomic E-state index is 0.0164. The normalized spacial score (nSPS) is 16.3. The molecule has 1 aliphatic heterocycles. The summed E-state index contributed by atoms with van der Waals surface area (Å²) in [4.78, 5) is 37.4. The molecule has 0 radical (unpaired) electrons. The first-order chi connectivity index (χ1) is 11.9. The molecule has 1 aliphatic rings. The Labute approximate surface area is 142 Å². The Morgan fingerprint density at radius 3 is 2.48 bits per heavy atom. The Kier molecular flexibility index (Phi) is 4.30. The number of imide groups is 2. The number of phenols is 1. The average molecular weight is 340 g/mol. The first-order valence-corrected chi connectivity index (χ1v) is 7.36. The Morgan fingerprint density at radius 1 is 1.08 bits per heavy atom. The van der Waals surface area contributed by atoms with E-state index >= 15 is 0 Å². The number of hydrogen-bond donors (Lipinski definition) is 2. The molecule has 1 fully saturated rings. The zero-order chi connectivity index (χ0) is 18.0. The van der Waals surface area contributed by atoms with Gasteiger partial charge in [0.05, 0.1) is 6.54 Å². The Bertz CT molecular complexity index is 890. The maximum absolute atomic E-state index is 13.0. The lowest BCUT2D eigenvalue weighted by Gasteiger charge is -2.26. The van der Waals surface area contributed by atoms with Crippen LogP contribution in [0.2, 0.25) is 0 Å². The van der Waals surface area contributed by atoms with Crippen molar-refractivity contribution in [3.05, 3.63) is 71.0 Å². The molecular formula is C18H13FN2O4. The van der Waals surface area contributed by atoms with Crippen molar-refractivity contribution in [2.75, 3.05) is 0 Å². The molecule has 1 heterocycles. The summed E-state index contributed by atoms with van der Waals surface area (Å²) in [5.41, 5.74) is 0.748. The van der Waals surface area contributed by atoms with Crippen molar-refractivity contribution in [1.82, 2.24) is 10.2 Å². The average Bonchev–Trinajstić information content (AvgIpc) is 2.57. The topological polar surface area (TPSA) is 86.7 Å². The molecular weight excluding hydrogens is 327 g/mol. The Morgan fingerprint density at radius 2 is 1.80 bits per heavy atom. The highest BCUT2D eigenvalue weighted by molar-refractivity contribution is 6.30. The van der Waals surface area contributed by atoms with Crippen LogP contribution in [-0.2, 0) is 16.1 Å². The van der Waals surface area contributed by atoms with Gasteiger partial charge in [-0.2, -0.15) is 0 Å². The summed E-state index contributed by atoms with van der Waals surface area (Å²) in [5, 5.41) is 11.6. The van der Waals surface area contributed by atoms with E-state index in [0.29, 0.717) is 11.1 Å². The van der Waals surface area contributed by atoms with Crippen molar-refractivity contribution < 1.29 is 23.9 Å². The molecule has 0 atom stereocenters. The van der Waals surface area contributed by atoms with Crippen LogP contribution in [0.1, 0.15) is 11.1 Å². The number of urea groups is 1. The number of halogens is 1. The van der Waals surface area contributed by atoms with Gasteiger partial charge in [-0.25, -0.2) is 9.18 Å². The van der Waals surface area contributed by atoms with Gasteiger partial charge in [0.15, 0.2) is 0 Å². The smallest absolute Gasteiger partial charge is 0.331 e. The van der Waals surface area contributed by atoms with Crippen LogP contribution in [-0.4, -0.2) is 27.9 Å². The molecule has 2 N–H and O–H groups in total. The minimum atomic E-state index is -0.840. The second-order valence-corrected chi connectivity index (χ2v) is 5.43. The van der Waals surface area contributed by atoms with Crippen LogP contribution in [0.3, 0.4) is 0 Å². The molecule has 0 unspecified atom stereocenters. The highest BCUT2D eigenvalue weighted by Crippen LogP contribution is 2.19. The van der Waals surface area contributed by atoms with E-state index in [-0.39, 0.29) is 17.9 Å². The summed E-state index contributed by atoms with van der Waals surface area (Å²) in [7, 11) is 0. The number of rotatable bonds is 3. The summed E-state index contributed by atoms with van der Waals surface area (Å²) in [6.07, 6.45) is 1.29. The second-order valence-electron chi connectivity index (χ2n) is 5.43. The minimum Gasteiger partial charge on any atom is -0.508 e. The number of nitrogens with one attached hydrogen (secondary N) is 1. The van der Waals surface area contributed by atoms with Crippen molar-refractivity contribution in [2.45, 2.75) is 6.54 Å². The quantitative estimate of drug-likeness (QED) is 0.662. The van der Waals surface area contributed by atoms with Crippen LogP contribution in [0.5, 0.6) is 5.75 Å². The van der Waals surface area contributed by atoms with Crippen molar-refractivity contribution >= 4 is 23.9 Å². The summed E-state index contributed by atoms with van der Waals surface area (Å²) >= 11 is 0. The number of benzene rings is 2. The number of barbiturate groups is 1. The van der Waals surface area contributed by atoms with E-state index in [4.69, 9.17) is 0 Å². The van der Waals surface area contributed by atoms with Gasteiger partial charge in [-0.1, -0.05) is 24.3 Å². The SMILES string of the molecule is O=C1NC(=O)N(Cc2ccc(F)cc2)C(=O)/C1=C/c1cccc(O)c1. The molecule has 6 nitrogen and oxygen atoms in total. The van der Waals surface area contributed by atoms with Crippen LogP contribution in [0, 0.1) is 5.82 Å². The number of phenolic OH excluding ortho intramolecular Hbond substituents is 1. The molecule has 2 aromatic rings. The van der Waals surface area contributed by atoms with Crippen LogP contribution < -0.4 is 5.32 Å². The molecule has 0 bridgehead atoms. The van der Waals surface area contributed by atoms with Gasteiger partial charge in [-0.15, -0.1) is 0 Å². The van der Waals surface area contributed by atoms with Gasteiger partial charge in [0.2, 0.25) is 0 Å². The lowest BCUT2D eigenvalue weighted by Crippen LogP contribution is -2.53. The summed E-state index contributed by atoms with van der Waals surface area (Å²) in [6, 6.07) is 10.5. The Hall–Kier alpha value is -3.48. The molecule has 0 aromatic heterocycles. The van der Waals surface area contributed by atoms with E-state index in [1.54, 1.807) is 12.1 Å². The van der Waals surface area contributed by atoms with E-state index < -0.39 is 23.7 Å². The molecule has 2 aromatic carbocycles. The van der Waals surface area contributed by atoms with Gasteiger partial charge < -0.3 is 5.11 Å². The number of nitrogens with zero attached hydrogens (tertiary/aromatic N) is 1. The molecule has 3 rings (SSSR count). The highest BCUT2D eigenvalue weighted by atomic mass is 19.1. The zero-order valence-electron chi connectivity index (χ0n) is 12.9. The van der Waals surface area contributed by atoms with Crippen molar-refractivity contribution in [2.24, 2.45) is 0 Å². The molecule has 1 saturated heterocycles. The van der Waals surface area contributed by atoms with Crippen LogP contribution in [0.4, 0.5) is 9.18 Å². The third-order valence-electron chi connectivity index (χ3n) is 3.62. The fourth-order valence-corrected chi connectivity index (χ4v) is 2.39. The van der Waals surface area contributed by atoms with Gasteiger partial charge >= 0.3 is 6.03 Å². The number of aromatic hydroxyl groups is 1. The van der Waals surface area contributed by atoms with Crippen LogP contribution in [0.15, 0.2) is 54.1 Å². The maximum atomic E-state index is 13.0. The first kappa shape index (κ1) is 16.4. The lowest BCUT2D eigenvalue weighted by atomic mass is 10.1. The van der Waals surface area contributed by atoms with Gasteiger partial charge in [0, 0.05) is 0 Å². The van der Waals surface area contributed by atoms with Gasteiger partial charge in [0.25, 0.3) is 11.8 Å². The predicted molar refractivity (Wildman–Crippen MR) is 86.6 cm³/mol. The third kappa shape index (κ3) is 3.55. The number of carbonyl (C=O) groups is 3. The molecule has 4 amide bonds. The Balaban J connectivity index is 1.90. The van der Waals surface area contributed by atoms with E-state index in [2.05, 4.69) is 5.32 Å². The van der Waals surface area contributed by atoms with E-state index in [1.165, 1.54) is 42.5 Å². The molecule has 0 aliphatic carbocycles. The number of amides is 4. The third-order valence-corrected chi connectivity index (χ3v) is 3.62. The second kappa shape index (κ2) is 6.56. The van der Waals surface area contributed by atoms with Crippen molar-refractivity contribution in [3.8, 4) is 5.75 Å². The van der Waals surface area contributed by atoms with Gasteiger partial charge in [0.1, 0.15) is 17.1 Å². The van der Waals surface area contributed by atoms with Crippen LogP contribution >= 0.6 is 0 Å². The summed E-state index contributed by atoms with van der Waals surface area (Å²) in [6.45, 7) is -0.102. The van der Waals surface area contributed by atoms with Crippen molar-refractivity contribution in [1.29, 1.82) is 0 Å². The van der Waals surface area contributed by atoms with Crippen LogP contribution in [0.25, 0.3) is 6.08 Å². The molecule has 0 saturated carbocycles. The number of carbonyl (C=O) groups excluding carboxylic acids is 3. The van der Waals surface area contributed by atoms with E-state index in [9.17, 15) is 23.9 Å². The molecule has 126 valence electrons.